The molecule has 1 aromatic rings. The Morgan fingerprint density at radius 2 is 2.00 bits per heavy atom. The predicted octanol–water partition coefficient (Wildman–Crippen LogP) is 2.69. The molecule has 3 nitrogen and oxygen atoms in total. The van der Waals surface area contributed by atoms with Gasteiger partial charge in [0.2, 0.25) is 7.28 Å². The molecule has 0 saturated carbocycles. The van der Waals surface area contributed by atoms with Gasteiger partial charge in [-0.25, -0.2) is 0 Å². The van der Waals surface area contributed by atoms with E-state index < -0.39 is 11.7 Å². The fourth-order valence-corrected chi connectivity index (χ4v) is 2.53. The number of aliphatic hydroxyl groups is 1. The molecule has 0 aliphatic carbocycles. The molecule has 0 radical (unpaired) electrons. The molecule has 110 valence electrons. The number of hydrogen-bond acceptors (Lipinski definition) is 3. The second kappa shape index (κ2) is 5.14. The average molecular weight is 295 g/mol. The zero-order valence-corrected chi connectivity index (χ0v) is 11.2. The van der Waals surface area contributed by atoms with Gasteiger partial charge >= 0.3 is 6.18 Å². The maximum atomic E-state index is 12.7. The van der Waals surface area contributed by atoms with Crippen LogP contribution in [-0.2, 0) is 24.0 Å². The van der Waals surface area contributed by atoms with Gasteiger partial charge in [0.15, 0.2) is 0 Å². The smallest absolute Gasteiger partial charge is 0.416 e. The Labute approximate surface area is 120 Å². The van der Waals surface area contributed by atoms with Crippen molar-refractivity contribution in [2.75, 3.05) is 6.54 Å². The minimum Gasteiger partial charge on any atom is -0.519 e. The van der Waals surface area contributed by atoms with Crippen LogP contribution in [0.3, 0.4) is 0 Å². The number of nitrogens with zero attached hydrogens (tertiary/aromatic N) is 1. The van der Waals surface area contributed by atoms with Gasteiger partial charge < -0.3 is 9.84 Å². The van der Waals surface area contributed by atoms with Gasteiger partial charge in [0.05, 0.1) is 17.8 Å². The first-order valence-electron chi connectivity index (χ1n) is 6.57. The Morgan fingerprint density at radius 3 is 2.67 bits per heavy atom. The number of benzene rings is 1. The molecule has 2 aliphatic heterocycles. The summed E-state index contributed by atoms with van der Waals surface area (Å²) in [5.41, 5.74) is 1.18. The van der Waals surface area contributed by atoms with Crippen molar-refractivity contribution in [1.29, 1.82) is 0 Å². The second-order valence-electron chi connectivity index (χ2n) is 5.23. The van der Waals surface area contributed by atoms with Crippen molar-refractivity contribution in [3.8, 4) is 0 Å². The van der Waals surface area contributed by atoms with E-state index in [0.29, 0.717) is 38.2 Å². The summed E-state index contributed by atoms with van der Waals surface area (Å²) in [6.45, 7) is 1.58. The van der Waals surface area contributed by atoms with Gasteiger partial charge in [-0.1, -0.05) is 12.0 Å². The lowest BCUT2D eigenvalue weighted by Crippen LogP contribution is -2.21. The first kappa shape index (κ1) is 14.1. The summed E-state index contributed by atoms with van der Waals surface area (Å²) < 4.78 is 43.3. The maximum Gasteiger partial charge on any atom is 0.416 e. The summed E-state index contributed by atoms with van der Waals surface area (Å²) in [6.07, 6.45) is -3.01. The van der Waals surface area contributed by atoms with Crippen LogP contribution in [0.1, 0.15) is 16.7 Å². The first-order valence-corrected chi connectivity index (χ1v) is 6.57. The lowest BCUT2D eigenvalue weighted by atomic mass is 9.75. The van der Waals surface area contributed by atoms with Gasteiger partial charge in [-0.3, -0.25) is 4.90 Å². The van der Waals surface area contributed by atoms with E-state index in [4.69, 9.17) is 4.74 Å². The number of alkyl halides is 3. The molecule has 0 atom stereocenters. The summed E-state index contributed by atoms with van der Waals surface area (Å²) in [6, 6.07) is 3.89. The van der Waals surface area contributed by atoms with E-state index in [-0.39, 0.29) is 5.66 Å². The van der Waals surface area contributed by atoms with Gasteiger partial charge in [0.1, 0.15) is 12.0 Å². The highest BCUT2D eigenvalue weighted by Gasteiger charge is 2.32. The highest BCUT2D eigenvalue weighted by molar-refractivity contribution is 6.50. The molecule has 3 rings (SSSR count). The maximum absolute atomic E-state index is 12.7. The molecular weight excluding hydrogens is 282 g/mol. The van der Waals surface area contributed by atoms with Crippen LogP contribution in [0.25, 0.3) is 0 Å². The highest BCUT2D eigenvalue weighted by Crippen LogP contribution is 2.33. The molecule has 2 aliphatic rings. The molecular formula is C14H13BF3NO2. The number of rotatable bonds is 2. The molecule has 0 unspecified atom stereocenters. The van der Waals surface area contributed by atoms with Crippen LogP contribution < -0.4 is 0 Å². The second-order valence-corrected chi connectivity index (χ2v) is 5.23. The minimum absolute atomic E-state index is 0.165. The Balaban J connectivity index is 1.68. The van der Waals surface area contributed by atoms with Crippen molar-refractivity contribution in [1.82, 2.24) is 4.90 Å². The monoisotopic (exact) mass is 295 g/mol. The average Bonchev–Trinajstić information content (AvgIpc) is 2.81. The number of fused-ring (bicyclic) bond motifs is 1. The van der Waals surface area contributed by atoms with Crippen LogP contribution >= 0.6 is 0 Å². The first-order chi connectivity index (χ1) is 9.91. The molecule has 7 heteroatoms. The van der Waals surface area contributed by atoms with Crippen LogP contribution in [-0.4, -0.2) is 23.8 Å². The van der Waals surface area contributed by atoms with E-state index >= 15 is 0 Å². The van der Waals surface area contributed by atoms with Crippen molar-refractivity contribution < 1.29 is 23.0 Å². The summed E-state index contributed by atoms with van der Waals surface area (Å²) >= 11 is 0. The Kier molecular flexibility index (Phi) is 3.45. The minimum atomic E-state index is -4.31. The summed E-state index contributed by atoms with van der Waals surface area (Å²) in [7, 11) is 0.425. The SMILES string of the molecule is OC1=COC(CN2Cc3ccc(C(F)(F)F)cc3C2)=CB1. The number of aliphatic hydroxyl groups excluding tert-OH is 1. The third-order valence-corrected chi connectivity index (χ3v) is 3.59. The van der Waals surface area contributed by atoms with Crippen LogP contribution in [0, 0.1) is 0 Å². The predicted molar refractivity (Wildman–Crippen MR) is 72.6 cm³/mol. The normalized spacial score (nSPS) is 18.4. The van der Waals surface area contributed by atoms with Crippen LogP contribution in [0.4, 0.5) is 13.2 Å². The molecule has 0 bridgehead atoms. The van der Waals surface area contributed by atoms with Crippen molar-refractivity contribution in [2.24, 2.45) is 0 Å². The fraction of sp³-hybridized carbons (Fsp3) is 0.286. The van der Waals surface area contributed by atoms with E-state index in [1.54, 1.807) is 12.0 Å². The van der Waals surface area contributed by atoms with Crippen molar-refractivity contribution in [2.45, 2.75) is 19.3 Å². The largest absolute Gasteiger partial charge is 0.519 e. The zero-order chi connectivity index (χ0) is 15.0. The standard InChI is InChI=1S/C14H13BF3NO2/c16-14(17,18)11-2-1-9-5-19(6-10(9)3-11)7-12-4-15-13(20)8-21-12/h1-4,8,15,20H,5-7H2. The highest BCUT2D eigenvalue weighted by atomic mass is 19.4. The molecule has 0 fully saturated rings. The summed E-state index contributed by atoms with van der Waals surface area (Å²) in [5.74, 6) is 2.48. The lowest BCUT2D eigenvalue weighted by Gasteiger charge is -2.18. The van der Waals surface area contributed by atoms with E-state index in [0.717, 1.165) is 11.6 Å². The topological polar surface area (TPSA) is 32.7 Å². The van der Waals surface area contributed by atoms with E-state index in [1.807, 2.05) is 4.90 Å². The summed E-state index contributed by atoms with van der Waals surface area (Å²) in [4.78, 5) is 2.01. The van der Waals surface area contributed by atoms with Crippen LogP contribution in [0.2, 0.25) is 0 Å². The van der Waals surface area contributed by atoms with Crippen molar-refractivity contribution in [3.05, 3.63) is 58.5 Å². The van der Waals surface area contributed by atoms with Gasteiger partial charge in [0, 0.05) is 13.1 Å². The van der Waals surface area contributed by atoms with Crippen molar-refractivity contribution in [3.63, 3.8) is 0 Å². The Hall–Kier alpha value is -1.89. The molecule has 1 aromatic carbocycles. The molecule has 0 spiro atoms. The van der Waals surface area contributed by atoms with Gasteiger partial charge in [-0.15, -0.1) is 0 Å². The molecule has 0 aromatic heterocycles. The van der Waals surface area contributed by atoms with Gasteiger partial charge in [0.25, 0.3) is 0 Å². The Bertz CT molecular complexity index is 625. The third kappa shape index (κ3) is 3.07. The molecule has 2 heterocycles. The lowest BCUT2D eigenvalue weighted by molar-refractivity contribution is -0.137. The van der Waals surface area contributed by atoms with Gasteiger partial charge in [-0.2, -0.15) is 13.2 Å². The molecule has 0 saturated heterocycles. The number of halogens is 3. The molecule has 0 amide bonds. The third-order valence-electron chi connectivity index (χ3n) is 3.59. The van der Waals surface area contributed by atoms with E-state index in [1.165, 1.54) is 12.3 Å². The summed E-state index contributed by atoms with van der Waals surface area (Å²) in [5, 5.41) is 9.21. The van der Waals surface area contributed by atoms with E-state index in [2.05, 4.69) is 0 Å². The van der Waals surface area contributed by atoms with Crippen LogP contribution in [0.5, 0.6) is 0 Å². The van der Waals surface area contributed by atoms with Crippen LogP contribution in [0.15, 0.2) is 41.9 Å². The van der Waals surface area contributed by atoms with Gasteiger partial charge in [-0.05, 0) is 23.3 Å². The fourth-order valence-electron chi connectivity index (χ4n) is 2.53. The van der Waals surface area contributed by atoms with Crippen molar-refractivity contribution >= 4 is 7.28 Å². The molecule has 1 N–H and O–H groups in total. The number of hydrogen-bond donors (Lipinski definition) is 1. The van der Waals surface area contributed by atoms with E-state index in [9.17, 15) is 18.3 Å². The quantitative estimate of drug-likeness (QED) is 0.852. The zero-order valence-electron chi connectivity index (χ0n) is 11.2. The number of ether oxygens (including phenoxy) is 1. The Morgan fingerprint density at radius 1 is 1.24 bits per heavy atom. The molecule has 21 heavy (non-hydrogen) atoms.